The van der Waals surface area contributed by atoms with Gasteiger partial charge in [-0.15, -0.1) is 0 Å². The van der Waals surface area contributed by atoms with E-state index in [0.29, 0.717) is 10.6 Å². The van der Waals surface area contributed by atoms with Crippen molar-refractivity contribution in [1.29, 1.82) is 0 Å². The summed E-state index contributed by atoms with van der Waals surface area (Å²) in [4.78, 5) is 14.2. The third-order valence-corrected chi connectivity index (χ3v) is 4.21. The summed E-state index contributed by atoms with van der Waals surface area (Å²) in [5.41, 5.74) is 0.0755. The largest absolute Gasteiger partial charge is 0.368 e. The first-order valence-corrected chi connectivity index (χ1v) is 6.27. The molecule has 0 amide bonds. The summed E-state index contributed by atoms with van der Waals surface area (Å²) in [6.07, 6.45) is 5.96. The number of nitrogens with zero attached hydrogens (tertiary/aromatic N) is 2. The summed E-state index contributed by atoms with van der Waals surface area (Å²) in [6.45, 7) is 0.822. The van der Waals surface area contributed by atoms with E-state index in [0.717, 1.165) is 6.54 Å². The zero-order chi connectivity index (χ0) is 11.6. The first-order chi connectivity index (χ1) is 7.65. The van der Waals surface area contributed by atoms with Gasteiger partial charge in [0.1, 0.15) is 5.82 Å². The van der Waals surface area contributed by atoms with E-state index < -0.39 is 4.92 Å². The summed E-state index contributed by atoms with van der Waals surface area (Å²) in [5.74, 6) is 0.578. The molecule has 6 heteroatoms. The Bertz CT molecular complexity index is 407. The third-order valence-electron chi connectivity index (χ3n) is 2.79. The van der Waals surface area contributed by atoms with Crippen molar-refractivity contribution in [2.75, 3.05) is 18.1 Å². The van der Waals surface area contributed by atoms with Gasteiger partial charge >= 0.3 is 0 Å². The Balaban J connectivity index is 1.99. The molecule has 1 N–H and O–H groups in total. The molecule has 0 unspecified atom stereocenters. The van der Waals surface area contributed by atoms with Crippen molar-refractivity contribution in [2.24, 2.45) is 0 Å². The second-order valence-electron chi connectivity index (χ2n) is 3.90. The molecule has 1 aromatic heterocycles. The van der Waals surface area contributed by atoms with Crippen molar-refractivity contribution in [3.05, 3.63) is 28.4 Å². The Morgan fingerprint density at radius 3 is 3.00 bits per heavy atom. The number of hydrogen-bond donors (Lipinski definition) is 1. The van der Waals surface area contributed by atoms with Crippen molar-refractivity contribution in [3.8, 4) is 0 Å². The van der Waals surface area contributed by atoms with Gasteiger partial charge in [0.05, 0.1) is 11.0 Å². The molecule has 0 atom stereocenters. The number of aromatic nitrogens is 1. The van der Waals surface area contributed by atoms with Crippen LogP contribution in [0.1, 0.15) is 12.8 Å². The predicted molar refractivity (Wildman–Crippen MR) is 64.9 cm³/mol. The van der Waals surface area contributed by atoms with Crippen LogP contribution in [0.25, 0.3) is 0 Å². The van der Waals surface area contributed by atoms with Gasteiger partial charge in [-0.1, -0.05) is 0 Å². The highest BCUT2D eigenvalue weighted by Crippen LogP contribution is 2.46. The maximum Gasteiger partial charge on any atom is 0.274 e. The molecule has 1 aromatic rings. The lowest BCUT2D eigenvalue weighted by Crippen LogP contribution is -2.17. The van der Waals surface area contributed by atoms with Crippen LogP contribution >= 0.6 is 11.8 Å². The Kier molecular flexibility index (Phi) is 3.00. The average Bonchev–Trinajstić information content (AvgIpc) is 3.07. The highest BCUT2D eigenvalue weighted by molar-refractivity contribution is 8.00. The molecule has 1 fully saturated rings. The first kappa shape index (κ1) is 11.2. The number of thioether (sulfide) groups is 1. The minimum absolute atomic E-state index is 0.0755. The molecule has 0 radical (unpaired) electrons. The van der Waals surface area contributed by atoms with E-state index in [9.17, 15) is 10.1 Å². The smallest absolute Gasteiger partial charge is 0.274 e. The standard InChI is InChI=1S/C10H13N3O2S/c1-16-10(3-4-10)7-12-9-6-8(13(14)15)2-5-11-9/h2,5-6H,3-4,7H2,1H3,(H,11,12). The lowest BCUT2D eigenvalue weighted by atomic mass is 10.3. The van der Waals surface area contributed by atoms with Gasteiger partial charge in [-0.3, -0.25) is 10.1 Å². The molecule has 1 aliphatic rings. The molecule has 5 nitrogen and oxygen atoms in total. The summed E-state index contributed by atoms with van der Waals surface area (Å²) in [6, 6.07) is 2.86. The molecule has 0 bridgehead atoms. The van der Waals surface area contributed by atoms with Gasteiger partial charge in [0.15, 0.2) is 0 Å². The van der Waals surface area contributed by atoms with E-state index in [4.69, 9.17) is 0 Å². The minimum atomic E-state index is -0.408. The first-order valence-electron chi connectivity index (χ1n) is 5.05. The second kappa shape index (κ2) is 4.29. The monoisotopic (exact) mass is 239 g/mol. The highest BCUT2D eigenvalue weighted by atomic mass is 32.2. The quantitative estimate of drug-likeness (QED) is 0.630. The molecule has 86 valence electrons. The van der Waals surface area contributed by atoms with E-state index in [-0.39, 0.29) is 5.69 Å². The molecule has 0 aliphatic heterocycles. The normalized spacial score (nSPS) is 16.8. The van der Waals surface area contributed by atoms with Gasteiger partial charge in [0.2, 0.25) is 0 Å². The van der Waals surface area contributed by atoms with Gasteiger partial charge in [0, 0.05) is 23.6 Å². The summed E-state index contributed by atoms with van der Waals surface area (Å²) < 4.78 is 0.326. The molecule has 0 saturated heterocycles. The number of nitrogens with one attached hydrogen (secondary N) is 1. The van der Waals surface area contributed by atoms with Crippen LogP contribution in [0.5, 0.6) is 0 Å². The van der Waals surface area contributed by atoms with Gasteiger partial charge in [-0.2, -0.15) is 11.8 Å². The van der Waals surface area contributed by atoms with Crippen molar-refractivity contribution in [1.82, 2.24) is 4.98 Å². The van der Waals surface area contributed by atoms with Crippen LogP contribution in [0.4, 0.5) is 11.5 Å². The summed E-state index contributed by atoms with van der Waals surface area (Å²) in [7, 11) is 0. The topological polar surface area (TPSA) is 68.1 Å². The summed E-state index contributed by atoms with van der Waals surface area (Å²) >= 11 is 1.84. The van der Waals surface area contributed by atoms with Crippen molar-refractivity contribution in [3.63, 3.8) is 0 Å². The second-order valence-corrected chi connectivity index (χ2v) is 5.17. The number of rotatable bonds is 5. The van der Waals surface area contributed by atoms with Crippen LogP contribution in [-0.4, -0.2) is 27.5 Å². The fourth-order valence-corrected chi connectivity index (χ4v) is 2.20. The van der Waals surface area contributed by atoms with Crippen LogP contribution in [0, 0.1) is 10.1 Å². The van der Waals surface area contributed by atoms with Crippen molar-refractivity contribution < 1.29 is 4.92 Å². The SMILES string of the molecule is CSC1(CNc2cc([N+](=O)[O-])ccn2)CC1. The van der Waals surface area contributed by atoms with Gasteiger partial charge in [-0.25, -0.2) is 4.98 Å². The molecular formula is C10H13N3O2S. The zero-order valence-electron chi connectivity index (χ0n) is 8.97. The molecule has 1 aliphatic carbocycles. The number of anilines is 1. The third kappa shape index (κ3) is 2.44. The maximum atomic E-state index is 10.6. The van der Waals surface area contributed by atoms with E-state index in [1.54, 1.807) is 0 Å². The Morgan fingerprint density at radius 1 is 1.69 bits per heavy atom. The van der Waals surface area contributed by atoms with Crippen LogP contribution < -0.4 is 5.32 Å². The lowest BCUT2D eigenvalue weighted by molar-refractivity contribution is -0.384. The molecule has 16 heavy (non-hydrogen) atoms. The van der Waals surface area contributed by atoms with Gasteiger partial charge in [-0.05, 0) is 19.1 Å². The van der Waals surface area contributed by atoms with Crippen LogP contribution in [0.2, 0.25) is 0 Å². The van der Waals surface area contributed by atoms with Gasteiger partial charge in [0.25, 0.3) is 5.69 Å². The Hall–Kier alpha value is -1.30. The van der Waals surface area contributed by atoms with E-state index in [1.165, 1.54) is 31.2 Å². The molecular weight excluding hydrogens is 226 g/mol. The fraction of sp³-hybridized carbons (Fsp3) is 0.500. The molecule has 1 heterocycles. The average molecular weight is 239 g/mol. The predicted octanol–water partition coefficient (Wildman–Crippen LogP) is 2.30. The number of hydrogen-bond acceptors (Lipinski definition) is 5. The van der Waals surface area contributed by atoms with Gasteiger partial charge < -0.3 is 5.32 Å². The zero-order valence-corrected chi connectivity index (χ0v) is 9.79. The van der Waals surface area contributed by atoms with Crippen LogP contribution in [-0.2, 0) is 0 Å². The number of pyridine rings is 1. The fourth-order valence-electron chi connectivity index (χ4n) is 1.47. The Morgan fingerprint density at radius 2 is 2.44 bits per heavy atom. The molecule has 2 rings (SSSR count). The van der Waals surface area contributed by atoms with E-state index in [2.05, 4.69) is 16.6 Å². The van der Waals surface area contributed by atoms with E-state index in [1.807, 2.05) is 11.8 Å². The maximum absolute atomic E-state index is 10.6. The summed E-state index contributed by atoms with van der Waals surface area (Å²) in [5, 5.41) is 13.7. The minimum Gasteiger partial charge on any atom is -0.368 e. The van der Waals surface area contributed by atoms with Crippen molar-refractivity contribution >= 4 is 23.3 Å². The highest BCUT2D eigenvalue weighted by Gasteiger charge is 2.41. The van der Waals surface area contributed by atoms with Crippen LogP contribution in [0.15, 0.2) is 18.3 Å². The molecule has 1 saturated carbocycles. The number of nitro groups is 1. The van der Waals surface area contributed by atoms with Crippen LogP contribution in [0.3, 0.4) is 0 Å². The molecule has 0 spiro atoms. The Labute approximate surface area is 97.8 Å². The van der Waals surface area contributed by atoms with E-state index >= 15 is 0 Å². The lowest BCUT2D eigenvalue weighted by Gasteiger charge is -2.12. The van der Waals surface area contributed by atoms with Crippen molar-refractivity contribution in [2.45, 2.75) is 17.6 Å². The molecule has 0 aromatic carbocycles.